The van der Waals surface area contributed by atoms with Crippen molar-refractivity contribution >= 4 is 35.6 Å². The maximum absolute atomic E-state index is 12.0. The van der Waals surface area contributed by atoms with Gasteiger partial charge in [-0.25, -0.2) is 0 Å². The molecule has 5 nitrogen and oxygen atoms in total. The molecular formula is C15H22ClN3O2. The summed E-state index contributed by atoms with van der Waals surface area (Å²) in [5, 5.41) is 2.87. The number of anilines is 2. The predicted octanol–water partition coefficient (Wildman–Crippen LogP) is 1.94. The van der Waals surface area contributed by atoms with E-state index in [2.05, 4.69) is 5.32 Å². The van der Waals surface area contributed by atoms with Crippen molar-refractivity contribution in [2.24, 2.45) is 11.7 Å². The van der Waals surface area contributed by atoms with Gasteiger partial charge in [0.25, 0.3) is 0 Å². The number of nitrogens with one attached hydrogen (secondary N) is 1. The molecule has 2 amide bonds. The Labute approximate surface area is 131 Å². The van der Waals surface area contributed by atoms with Crippen molar-refractivity contribution < 1.29 is 9.59 Å². The number of rotatable bonds is 3. The van der Waals surface area contributed by atoms with E-state index in [1.54, 1.807) is 11.8 Å². The van der Waals surface area contributed by atoms with Crippen LogP contribution in [0.4, 0.5) is 11.4 Å². The number of hydrogen-bond acceptors (Lipinski definition) is 3. The zero-order valence-electron chi connectivity index (χ0n) is 12.6. The Morgan fingerprint density at radius 1 is 1.33 bits per heavy atom. The van der Waals surface area contributed by atoms with Gasteiger partial charge in [0, 0.05) is 30.9 Å². The molecule has 0 aliphatic carbocycles. The van der Waals surface area contributed by atoms with E-state index in [1.165, 1.54) is 0 Å². The van der Waals surface area contributed by atoms with Crippen LogP contribution in [0.5, 0.6) is 0 Å². The van der Waals surface area contributed by atoms with Gasteiger partial charge in [0.1, 0.15) is 0 Å². The predicted molar refractivity (Wildman–Crippen MR) is 86.9 cm³/mol. The molecule has 0 saturated heterocycles. The van der Waals surface area contributed by atoms with Gasteiger partial charge in [-0.3, -0.25) is 9.59 Å². The number of amides is 2. The topological polar surface area (TPSA) is 75.4 Å². The molecule has 3 N–H and O–H groups in total. The van der Waals surface area contributed by atoms with Gasteiger partial charge in [-0.2, -0.15) is 0 Å². The van der Waals surface area contributed by atoms with Crippen LogP contribution in [-0.4, -0.2) is 24.4 Å². The quantitative estimate of drug-likeness (QED) is 0.895. The van der Waals surface area contributed by atoms with Crippen molar-refractivity contribution in [2.75, 3.05) is 16.8 Å². The molecule has 1 aliphatic heterocycles. The van der Waals surface area contributed by atoms with Crippen LogP contribution in [0.25, 0.3) is 0 Å². The lowest BCUT2D eigenvalue weighted by molar-refractivity contribution is -0.120. The standard InChI is InChI=1S/C15H21N3O2.ClH/c1-9(10(2)16)15(20)17-13-4-5-14-12(8-13)6-7-18(14)11(3)19;/h4-5,8-10H,6-7,16H2,1-3H3,(H,17,20);1H. The third kappa shape index (κ3) is 3.74. The van der Waals surface area contributed by atoms with Crippen LogP contribution < -0.4 is 16.0 Å². The summed E-state index contributed by atoms with van der Waals surface area (Å²) in [5.41, 5.74) is 8.51. The van der Waals surface area contributed by atoms with E-state index in [-0.39, 0.29) is 36.2 Å². The van der Waals surface area contributed by atoms with Crippen LogP contribution in [0.1, 0.15) is 26.3 Å². The zero-order valence-corrected chi connectivity index (χ0v) is 13.4. The highest BCUT2D eigenvalue weighted by molar-refractivity contribution is 5.96. The van der Waals surface area contributed by atoms with E-state index >= 15 is 0 Å². The molecule has 1 aliphatic rings. The number of halogens is 1. The monoisotopic (exact) mass is 311 g/mol. The molecular weight excluding hydrogens is 290 g/mol. The number of benzene rings is 1. The number of carbonyl (C=O) groups is 2. The Kier molecular flexibility index (Phi) is 5.75. The van der Waals surface area contributed by atoms with E-state index in [0.29, 0.717) is 6.54 Å². The van der Waals surface area contributed by atoms with E-state index in [4.69, 9.17) is 5.73 Å². The lowest BCUT2D eigenvalue weighted by atomic mass is 10.0. The minimum atomic E-state index is -0.239. The summed E-state index contributed by atoms with van der Waals surface area (Å²) >= 11 is 0. The van der Waals surface area contributed by atoms with Gasteiger partial charge in [0.15, 0.2) is 0 Å². The van der Waals surface area contributed by atoms with Crippen LogP contribution in [0, 0.1) is 5.92 Å². The third-order valence-corrected chi connectivity index (χ3v) is 3.82. The highest BCUT2D eigenvalue weighted by atomic mass is 35.5. The fourth-order valence-corrected chi connectivity index (χ4v) is 2.30. The van der Waals surface area contributed by atoms with E-state index < -0.39 is 0 Å². The van der Waals surface area contributed by atoms with Crippen molar-refractivity contribution in [1.29, 1.82) is 0 Å². The first-order valence-electron chi connectivity index (χ1n) is 6.87. The van der Waals surface area contributed by atoms with Crippen LogP contribution in [0.2, 0.25) is 0 Å². The number of hydrogen-bond donors (Lipinski definition) is 2. The molecule has 6 heteroatoms. The Balaban J connectivity index is 0.00000220. The summed E-state index contributed by atoms with van der Waals surface area (Å²) in [6.07, 6.45) is 0.821. The average molecular weight is 312 g/mol. The molecule has 0 radical (unpaired) electrons. The summed E-state index contributed by atoms with van der Waals surface area (Å²) in [7, 11) is 0. The molecule has 0 bridgehead atoms. The minimum absolute atomic E-state index is 0. The van der Waals surface area contributed by atoms with Crippen LogP contribution >= 0.6 is 12.4 Å². The van der Waals surface area contributed by atoms with Gasteiger partial charge < -0.3 is 16.0 Å². The zero-order chi connectivity index (χ0) is 14.9. The molecule has 1 aromatic rings. The molecule has 2 rings (SSSR count). The lowest BCUT2D eigenvalue weighted by Gasteiger charge is -2.17. The molecule has 0 saturated carbocycles. The summed E-state index contributed by atoms with van der Waals surface area (Å²) in [5.74, 6) is -0.274. The molecule has 21 heavy (non-hydrogen) atoms. The highest BCUT2D eigenvalue weighted by Crippen LogP contribution is 2.30. The van der Waals surface area contributed by atoms with E-state index in [9.17, 15) is 9.59 Å². The number of nitrogens with two attached hydrogens (primary N) is 1. The second kappa shape index (κ2) is 6.91. The van der Waals surface area contributed by atoms with Gasteiger partial charge in [-0.1, -0.05) is 6.92 Å². The summed E-state index contributed by atoms with van der Waals surface area (Å²) in [6, 6.07) is 5.46. The Hall–Kier alpha value is -1.59. The van der Waals surface area contributed by atoms with Crippen molar-refractivity contribution in [3.63, 3.8) is 0 Å². The highest BCUT2D eigenvalue weighted by Gasteiger charge is 2.23. The summed E-state index contributed by atoms with van der Waals surface area (Å²) in [4.78, 5) is 25.2. The summed E-state index contributed by atoms with van der Waals surface area (Å²) in [6.45, 7) is 5.90. The number of fused-ring (bicyclic) bond motifs is 1. The number of carbonyl (C=O) groups excluding carboxylic acids is 2. The van der Waals surface area contributed by atoms with Gasteiger partial charge in [0.2, 0.25) is 11.8 Å². The average Bonchev–Trinajstić information content (AvgIpc) is 2.80. The minimum Gasteiger partial charge on any atom is -0.327 e. The fourth-order valence-electron chi connectivity index (χ4n) is 2.30. The van der Waals surface area contributed by atoms with Gasteiger partial charge in [-0.05, 0) is 37.1 Å². The van der Waals surface area contributed by atoms with Crippen LogP contribution in [0.15, 0.2) is 18.2 Å². The molecule has 116 valence electrons. The fraction of sp³-hybridized carbons (Fsp3) is 0.467. The SMILES string of the molecule is CC(=O)N1CCc2cc(NC(=O)C(C)C(C)N)ccc21.Cl. The molecule has 0 aromatic heterocycles. The Morgan fingerprint density at radius 3 is 2.57 bits per heavy atom. The van der Waals surface area contributed by atoms with E-state index in [0.717, 1.165) is 23.4 Å². The maximum atomic E-state index is 12.0. The second-order valence-corrected chi connectivity index (χ2v) is 5.40. The van der Waals surface area contributed by atoms with Gasteiger partial charge in [0.05, 0.1) is 5.92 Å². The molecule has 2 atom stereocenters. The Bertz CT molecular complexity index is 546. The molecule has 1 aromatic carbocycles. The Morgan fingerprint density at radius 2 is 2.00 bits per heavy atom. The third-order valence-electron chi connectivity index (χ3n) is 3.82. The normalized spacial score (nSPS) is 15.7. The van der Waals surface area contributed by atoms with Crippen molar-refractivity contribution in [2.45, 2.75) is 33.2 Å². The lowest BCUT2D eigenvalue weighted by Crippen LogP contribution is -2.34. The first kappa shape index (κ1) is 17.5. The van der Waals surface area contributed by atoms with Crippen LogP contribution in [0.3, 0.4) is 0 Å². The number of nitrogens with zero attached hydrogens (tertiary/aromatic N) is 1. The van der Waals surface area contributed by atoms with E-state index in [1.807, 2.05) is 32.0 Å². The van der Waals surface area contributed by atoms with Crippen LogP contribution in [-0.2, 0) is 16.0 Å². The van der Waals surface area contributed by atoms with Gasteiger partial charge >= 0.3 is 0 Å². The summed E-state index contributed by atoms with van der Waals surface area (Å²) < 4.78 is 0. The van der Waals surface area contributed by atoms with Gasteiger partial charge in [-0.15, -0.1) is 12.4 Å². The molecule has 1 heterocycles. The molecule has 0 spiro atoms. The first-order chi connectivity index (χ1) is 9.40. The largest absolute Gasteiger partial charge is 0.327 e. The molecule has 0 fully saturated rings. The maximum Gasteiger partial charge on any atom is 0.228 e. The second-order valence-electron chi connectivity index (χ2n) is 5.40. The first-order valence-corrected chi connectivity index (χ1v) is 6.87. The van der Waals surface area contributed by atoms with Crippen molar-refractivity contribution in [1.82, 2.24) is 0 Å². The molecule has 2 unspecified atom stereocenters. The van der Waals surface area contributed by atoms with Crippen molar-refractivity contribution in [3.05, 3.63) is 23.8 Å². The smallest absolute Gasteiger partial charge is 0.228 e. The van der Waals surface area contributed by atoms with Crippen molar-refractivity contribution in [3.8, 4) is 0 Å².